The minimum atomic E-state index is -5.34. The van der Waals surface area contributed by atoms with E-state index in [1.807, 2.05) is 0 Å². The molecule has 1 saturated heterocycles. The number of hydrogen-bond acceptors (Lipinski definition) is 7. The van der Waals surface area contributed by atoms with Gasteiger partial charge in [-0.25, -0.2) is 9.59 Å². The van der Waals surface area contributed by atoms with Gasteiger partial charge in [0.05, 0.1) is 5.56 Å². The van der Waals surface area contributed by atoms with E-state index in [1.54, 1.807) is 17.0 Å². The smallest absolute Gasteiger partial charge is 0.450 e. The normalized spacial score (nSPS) is 18.4. The highest BCUT2D eigenvalue weighted by molar-refractivity contribution is 5.81. The minimum absolute atomic E-state index is 0.0315. The molecule has 0 radical (unpaired) electrons. The molecule has 8 nitrogen and oxygen atoms in total. The summed E-state index contributed by atoms with van der Waals surface area (Å²) in [5, 5.41) is 7.04. The first-order chi connectivity index (χ1) is 15.5. The maximum absolute atomic E-state index is 12.9. The highest BCUT2D eigenvalue weighted by Gasteiger charge is 2.47. The van der Waals surface area contributed by atoms with E-state index < -0.39 is 30.4 Å². The Hall–Kier alpha value is -3.29. The van der Waals surface area contributed by atoms with Crippen LogP contribution in [0.2, 0.25) is 0 Å². The number of anilines is 1. The third-order valence-electron chi connectivity index (χ3n) is 5.17. The van der Waals surface area contributed by atoms with Crippen LogP contribution in [0.1, 0.15) is 17.2 Å². The number of ether oxygens (including phenoxy) is 1. The van der Waals surface area contributed by atoms with Crippen molar-refractivity contribution in [2.45, 2.75) is 24.9 Å². The molecule has 2 aliphatic rings. The number of piperazine rings is 1. The summed E-state index contributed by atoms with van der Waals surface area (Å²) in [4.78, 5) is 29.6. The van der Waals surface area contributed by atoms with Crippen LogP contribution >= 0.6 is 0 Å². The van der Waals surface area contributed by atoms with Crippen LogP contribution in [0.15, 0.2) is 24.3 Å². The predicted octanol–water partition coefficient (Wildman–Crippen LogP) is 2.18. The van der Waals surface area contributed by atoms with Crippen LogP contribution in [0, 0.1) is 0 Å². The van der Waals surface area contributed by atoms with Crippen LogP contribution < -0.4 is 15.1 Å². The molecule has 0 saturated carbocycles. The number of carbonyl (C=O) groups is 2. The predicted molar refractivity (Wildman–Crippen MR) is 99.0 cm³/mol. The molecule has 33 heavy (non-hydrogen) atoms. The lowest BCUT2D eigenvalue weighted by molar-refractivity contribution is -0.205. The van der Waals surface area contributed by atoms with Crippen LogP contribution in [0.25, 0.3) is 11.3 Å². The summed E-state index contributed by atoms with van der Waals surface area (Å²) in [5.41, 5.74) is 0.405. The second-order valence-corrected chi connectivity index (χ2v) is 7.33. The Morgan fingerprint density at radius 3 is 2.27 bits per heavy atom. The zero-order chi connectivity index (χ0) is 24.0. The fraction of sp³-hybridized carbons (Fsp3) is 0.421. The van der Waals surface area contributed by atoms with Gasteiger partial charge in [-0.15, -0.1) is 5.10 Å². The number of benzene rings is 1. The molecule has 1 aromatic carbocycles. The molecule has 1 aromatic heterocycles. The van der Waals surface area contributed by atoms with Crippen molar-refractivity contribution in [3.05, 3.63) is 35.4 Å². The van der Waals surface area contributed by atoms with Crippen molar-refractivity contribution < 1.29 is 45.5 Å². The average Bonchev–Trinajstić information content (AvgIpc) is 3.13. The summed E-state index contributed by atoms with van der Waals surface area (Å²) in [6.07, 6.45) is -12.3. The van der Waals surface area contributed by atoms with Crippen molar-refractivity contribution in [3.8, 4) is 11.3 Å². The Morgan fingerprint density at radius 2 is 1.64 bits per heavy atom. The van der Waals surface area contributed by atoms with Gasteiger partial charge in [-0.3, -0.25) is 0 Å². The number of nitrogens with one attached hydrogen (secondary N) is 1. The van der Waals surface area contributed by atoms with Gasteiger partial charge in [0.15, 0.2) is 5.82 Å². The lowest BCUT2D eigenvalue weighted by atomic mass is 9.87. The Bertz CT molecular complexity index is 1080. The molecule has 14 heteroatoms. The fourth-order valence-corrected chi connectivity index (χ4v) is 3.78. The van der Waals surface area contributed by atoms with Crippen molar-refractivity contribution in [3.63, 3.8) is 0 Å². The summed E-state index contributed by atoms with van der Waals surface area (Å²) in [6.45, 7) is 1.57. The van der Waals surface area contributed by atoms with Gasteiger partial charge in [0.2, 0.25) is 0 Å². The number of rotatable bonds is 3. The molecule has 0 amide bonds. The first-order valence-corrected chi connectivity index (χ1v) is 9.71. The summed E-state index contributed by atoms with van der Waals surface area (Å²) in [5.74, 6) is -5.05. The van der Waals surface area contributed by atoms with E-state index in [2.05, 4.69) is 15.3 Å². The first kappa shape index (κ1) is 22.9. The molecule has 178 valence electrons. The lowest BCUT2D eigenvalue weighted by Crippen LogP contribution is -2.44. The van der Waals surface area contributed by atoms with Gasteiger partial charge in [0, 0.05) is 38.2 Å². The van der Waals surface area contributed by atoms with Crippen molar-refractivity contribution in [2.75, 3.05) is 31.1 Å². The zero-order valence-electron chi connectivity index (χ0n) is 16.7. The van der Waals surface area contributed by atoms with E-state index in [9.17, 15) is 35.9 Å². The van der Waals surface area contributed by atoms with Crippen LogP contribution in [0.3, 0.4) is 0 Å². The number of nitrogens with zero attached hydrogens (tertiary/aromatic N) is 3. The molecule has 1 fully saturated rings. The van der Waals surface area contributed by atoms with E-state index in [0.29, 0.717) is 36.6 Å². The second kappa shape index (κ2) is 8.24. The molecule has 1 aliphatic heterocycles. The zero-order valence-corrected chi connectivity index (χ0v) is 16.7. The van der Waals surface area contributed by atoms with Gasteiger partial charge in [-0.05, 0) is 5.56 Å². The number of aromatic nitrogens is 2. The molecule has 1 aliphatic carbocycles. The molecule has 0 bridgehead atoms. The monoisotopic (exact) mass is 478 g/mol. The topological polar surface area (TPSA) is 85.7 Å². The number of carbonyl (C=O) groups excluding carboxylic acids is 2. The standard InChI is InChI=1S/C19H16F6N4O4/c20-18(21,22)16(30)32-12-9-10-3-1-2-4-11(10)14-13(12)15(28-7-5-26-6-8-28)27-29(14)33-17(31)19(23,24)25/h1-4,12,26H,5-9H2. The van der Waals surface area contributed by atoms with Crippen molar-refractivity contribution in [1.82, 2.24) is 15.3 Å². The van der Waals surface area contributed by atoms with Gasteiger partial charge in [0.25, 0.3) is 0 Å². The Balaban J connectivity index is 1.87. The fourth-order valence-electron chi connectivity index (χ4n) is 3.78. The molecule has 1 N–H and O–H groups in total. The molecular formula is C19H16F6N4O4. The summed E-state index contributed by atoms with van der Waals surface area (Å²) < 4.78 is 82.2. The molecule has 1 atom stereocenters. The number of halogens is 6. The number of alkyl halides is 6. The highest BCUT2D eigenvalue weighted by atomic mass is 19.4. The van der Waals surface area contributed by atoms with Gasteiger partial charge < -0.3 is 19.8 Å². The van der Waals surface area contributed by atoms with E-state index in [-0.39, 0.29) is 29.1 Å². The lowest BCUT2D eigenvalue weighted by Gasteiger charge is -2.31. The SMILES string of the molecule is O=C(OC1Cc2ccccc2-c2c1c(N1CCNCC1)nn2OC(=O)C(F)(F)F)C(F)(F)F. The van der Waals surface area contributed by atoms with Gasteiger partial charge >= 0.3 is 24.3 Å². The molecule has 2 heterocycles. The van der Waals surface area contributed by atoms with Crippen molar-refractivity contribution >= 4 is 17.8 Å². The highest BCUT2D eigenvalue weighted by Crippen LogP contribution is 2.45. The Morgan fingerprint density at radius 1 is 1.00 bits per heavy atom. The van der Waals surface area contributed by atoms with Crippen LogP contribution in [0.5, 0.6) is 0 Å². The molecule has 0 spiro atoms. The minimum Gasteiger partial charge on any atom is -0.450 e. The molecular weight excluding hydrogens is 462 g/mol. The third-order valence-corrected chi connectivity index (χ3v) is 5.17. The number of fused-ring (bicyclic) bond motifs is 3. The van der Waals surface area contributed by atoms with Crippen molar-refractivity contribution in [2.24, 2.45) is 0 Å². The summed E-state index contributed by atoms with van der Waals surface area (Å²) in [6, 6.07) is 6.13. The van der Waals surface area contributed by atoms with E-state index in [4.69, 9.17) is 4.74 Å². The number of esters is 1. The Labute approximate surface area is 182 Å². The van der Waals surface area contributed by atoms with Gasteiger partial charge in [-0.1, -0.05) is 29.1 Å². The molecule has 4 rings (SSSR count). The largest absolute Gasteiger partial charge is 0.493 e. The maximum Gasteiger partial charge on any atom is 0.493 e. The van der Waals surface area contributed by atoms with E-state index in [1.165, 1.54) is 12.1 Å². The van der Waals surface area contributed by atoms with Crippen LogP contribution in [0.4, 0.5) is 32.2 Å². The van der Waals surface area contributed by atoms with Gasteiger partial charge in [-0.2, -0.15) is 26.3 Å². The average molecular weight is 478 g/mol. The maximum atomic E-state index is 12.9. The third kappa shape index (κ3) is 4.47. The second-order valence-electron chi connectivity index (χ2n) is 7.33. The van der Waals surface area contributed by atoms with Crippen LogP contribution in [-0.4, -0.2) is 60.4 Å². The van der Waals surface area contributed by atoms with E-state index >= 15 is 0 Å². The Kier molecular flexibility index (Phi) is 5.72. The molecule has 2 aromatic rings. The summed E-state index contributed by atoms with van der Waals surface area (Å²) in [7, 11) is 0. The van der Waals surface area contributed by atoms with Crippen LogP contribution in [-0.2, 0) is 20.7 Å². The van der Waals surface area contributed by atoms with Crippen molar-refractivity contribution in [1.29, 1.82) is 0 Å². The quantitative estimate of drug-likeness (QED) is 0.535. The molecule has 1 unspecified atom stereocenters. The summed E-state index contributed by atoms with van der Waals surface area (Å²) >= 11 is 0. The number of hydrogen-bond donors (Lipinski definition) is 1. The van der Waals surface area contributed by atoms with Gasteiger partial charge in [0.1, 0.15) is 11.8 Å². The van der Waals surface area contributed by atoms with E-state index in [0.717, 1.165) is 0 Å². The first-order valence-electron chi connectivity index (χ1n) is 9.71.